The van der Waals surface area contributed by atoms with E-state index in [1.54, 1.807) is 18.3 Å². The third kappa shape index (κ3) is 7.10. The first kappa shape index (κ1) is 27.5. The van der Waals surface area contributed by atoms with Gasteiger partial charge in [-0.3, -0.25) is 4.90 Å². The Morgan fingerprint density at radius 1 is 0.800 bits per heavy atom. The predicted octanol–water partition coefficient (Wildman–Crippen LogP) is 6.45. The molecule has 206 valence electrons. The topological polar surface area (TPSA) is 45.7 Å². The fraction of sp³-hybridized carbons (Fsp3) is 0.273. The van der Waals surface area contributed by atoms with Crippen LogP contribution in [0.2, 0.25) is 0 Å². The number of carbonyl (C=O) groups is 1. The molecule has 5 nitrogen and oxygen atoms in total. The van der Waals surface area contributed by atoms with E-state index in [-0.39, 0.29) is 30.1 Å². The lowest BCUT2D eigenvalue weighted by molar-refractivity contribution is 0.0473. The molecule has 0 amide bonds. The van der Waals surface area contributed by atoms with Crippen LogP contribution in [0.15, 0.2) is 97.2 Å². The number of carbonyl (C=O) groups excluding carboxylic acids is 1. The van der Waals surface area contributed by atoms with Gasteiger partial charge < -0.3 is 9.64 Å². The molecule has 1 fully saturated rings. The minimum atomic E-state index is -0.373. The number of pyridine rings is 1. The van der Waals surface area contributed by atoms with Crippen LogP contribution in [0, 0.1) is 11.6 Å². The first-order valence-electron chi connectivity index (χ1n) is 13.7. The Bertz CT molecular complexity index is 1330. The Balaban J connectivity index is 1.15. The fourth-order valence-corrected chi connectivity index (χ4v) is 5.23. The summed E-state index contributed by atoms with van der Waals surface area (Å²) >= 11 is 0. The van der Waals surface area contributed by atoms with Crippen molar-refractivity contribution in [3.05, 3.63) is 131 Å². The highest BCUT2D eigenvalue weighted by molar-refractivity contribution is 5.94. The maximum atomic E-state index is 13.5. The van der Waals surface area contributed by atoms with Gasteiger partial charge in [-0.05, 0) is 72.5 Å². The molecule has 0 saturated carbocycles. The van der Waals surface area contributed by atoms with Crippen molar-refractivity contribution in [2.75, 3.05) is 37.6 Å². The molecule has 0 unspecified atom stereocenters. The highest BCUT2D eigenvalue weighted by atomic mass is 19.1. The van der Waals surface area contributed by atoms with Crippen molar-refractivity contribution in [3.8, 4) is 0 Å². The monoisotopic (exact) mass is 541 g/mol. The molecule has 1 saturated heterocycles. The zero-order valence-corrected chi connectivity index (χ0v) is 22.4. The van der Waals surface area contributed by atoms with E-state index >= 15 is 0 Å². The number of nitrogens with zero attached hydrogens (tertiary/aromatic N) is 3. The van der Waals surface area contributed by atoms with E-state index in [9.17, 15) is 13.6 Å². The van der Waals surface area contributed by atoms with E-state index in [0.29, 0.717) is 11.4 Å². The van der Waals surface area contributed by atoms with Crippen LogP contribution in [0.4, 0.5) is 14.6 Å². The fourth-order valence-electron chi connectivity index (χ4n) is 5.23. The smallest absolute Gasteiger partial charge is 0.342 e. The van der Waals surface area contributed by atoms with Crippen molar-refractivity contribution in [2.24, 2.45) is 0 Å². The minimum Gasteiger partial charge on any atom is -0.457 e. The van der Waals surface area contributed by atoms with Gasteiger partial charge in [0.15, 0.2) is 0 Å². The number of rotatable bonds is 10. The highest BCUT2D eigenvalue weighted by Crippen LogP contribution is 2.30. The summed E-state index contributed by atoms with van der Waals surface area (Å²) < 4.78 is 32.7. The summed E-state index contributed by atoms with van der Waals surface area (Å²) in [5.41, 5.74) is 3.48. The highest BCUT2D eigenvalue weighted by Gasteiger charge is 2.24. The SMILES string of the molecule is O=C(OCc1ccccc1)c1cccnc1N1CCN(CCCC(c2ccc(F)cc2)c2ccc(F)cc2)CC1. The van der Waals surface area contributed by atoms with Gasteiger partial charge in [0.25, 0.3) is 0 Å². The van der Waals surface area contributed by atoms with E-state index in [2.05, 4.69) is 14.8 Å². The maximum Gasteiger partial charge on any atom is 0.342 e. The maximum absolute atomic E-state index is 13.5. The lowest BCUT2D eigenvalue weighted by Crippen LogP contribution is -2.47. The molecular weight excluding hydrogens is 508 g/mol. The molecule has 0 N–H and O–H groups in total. The number of benzene rings is 3. The summed E-state index contributed by atoms with van der Waals surface area (Å²) in [4.78, 5) is 22.0. The summed E-state index contributed by atoms with van der Waals surface area (Å²) in [5.74, 6) is -0.171. The van der Waals surface area contributed by atoms with Crippen LogP contribution in [-0.2, 0) is 11.3 Å². The molecule has 7 heteroatoms. The molecule has 0 bridgehead atoms. The van der Waals surface area contributed by atoms with E-state index < -0.39 is 0 Å². The summed E-state index contributed by atoms with van der Waals surface area (Å²) in [6.45, 7) is 4.36. The number of anilines is 1. The molecule has 1 aromatic heterocycles. The molecule has 0 spiro atoms. The predicted molar refractivity (Wildman–Crippen MR) is 152 cm³/mol. The van der Waals surface area contributed by atoms with Crippen molar-refractivity contribution in [3.63, 3.8) is 0 Å². The Morgan fingerprint density at radius 3 is 2.05 bits per heavy atom. The molecule has 3 aromatic carbocycles. The first-order valence-corrected chi connectivity index (χ1v) is 13.7. The van der Waals surface area contributed by atoms with Gasteiger partial charge in [0.05, 0.1) is 0 Å². The number of hydrogen-bond acceptors (Lipinski definition) is 5. The zero-order valence-electron chi connectivity index (χ0n) is 22.4. The van der Waals surface area contributed by atoms with Gasteiger partial charge in [0.1, 0.15) is 29.6 Å². The average molecular weight is 542 g/mol. The zero-order chi connectivity index (χ0) is 27.7. The third-order valence-electron chi connectivity index (χ3n) is 7.40. The average Bonchev–Trinajstić information content (AvgIpc) is 3.00. The summed E-state index contributed by atoms with van der Waals surface area (Å²) in [6.07, 6.45) is 3.52. The number of ether oxygens (including phenoxy) is 1. The molecule has 0 aliphatic carbocycles. The van der Waals surface area contributed by atoms with Crippen molar-refractivity contribution in [2.45, 2.75) is 25.4 Å². The van der Waals surface area contributed by atoms with E-state index in [0.717, 1.165) is 62.3 Å². The Morgan fingerprint density at radius 2 is 1.43 bits per heavy atom. The van der Waals surface area contributed by atoms with Crippen molar-refractivity contribution in [1.82, 2.24) is 9.88 Å². The van der Waals surface area contributed by atoms with E-state index in [1.165, 1.54) is 24.3 Å². The van der Waals surface area contributed by atoms with Crippen LogP contribution < -0.4 is 4.90 Å². The molecule has 40 heavy (non-hydrogen) atoms. The number of esters is 1. The molecule has 0 atom stereocenters. The summed E-state index contributed by atoms with van der Waals surface area (Å²) in [5, 5.41) is 0. The number of hydrogen-bond donors (Lipinski definition) is 0. The van der Waals surface area contributed by atoms with Gasteiger partial charge in [-0.1, -0.05) is 54.6 Å². The third-order valence-corrected chi connectivity index (χ3v) is 7.40. The second-order valence-electron chi connectivity index (χ2n) is 10.1. The molecule has 5 rings (SSSR count). The number of aromatic nitrogens is 1. The Kier molecular flexibility index (Phi) is 9.14. The van der Waals surface area contributed by atoms with Gasteiger partial charge in [0.2, 0.25) is 0 Å². The Hall–Kier alpha value is -4.10. The number of piperazine rings is 1. The van der Waals surface area contributed by atoms with Crippen molar-refractivity contribution in [1.29, 1.82) is 0 Å². The van der Waals surface area contributed by atoms with Crippen LogP contribution >= 0.6 is 0 Å². The molecule has 2 heterocycles. The normalized spacial score (nSPS) is 13.9. The number of halogens is 2. The van der Waals surface area contributed by atoms with Gasteiger partial charge in [-0.15, -0.1) is 0 Å². The van der Waals surface area contributed by atoms with Gasteiger partial charge in [-0.25, -0.2) is 18.6 Å². The van der Waals surface area contributed by atoms with Crippen molar-refractivity contribution >= 4 is 11.8 Å². The lowest BCUT2D eigenvalue weighted by Gasteiger charge is -2.36. The van der Waals surface area contributed by atoms with Crippen LogP contribution in [0.3, 0.4) is 0 Å². The minimum absolute atomic E-state index is 0.0699. The lowest BCUT2D eigenvalue weighted by atomic mass is 9.87. The van der Waals surface area contributed by atoms with E-state index in [4.69, 9.17) is 4.74 Å². The van der Waals surface area contributed by atoms with Gasteiger partial charge in [-0.2, -0.15) is 0 Å². The molecule has 0 radical (unpaired) electrons. The molecule has 1 aliphatic heterocycles. The second kappa shape index (κ2) is 13.3. The molecule has 1 aliphatic rings. The second-order valence-corrected chi connectivity index (χ2v) is 10.1. The molecular formula is C33H33F2N3O2. The van der Waals surface area contributed by atoms with Crippen LogP contribution in [0.5, 0.6) is 0 Å². The van der Waals surface area contributed by atoms with Crippen LogP contribution in [0.1, 0.15) is 45.8 Å². The molecule has 4 aromatic rings. The first-order chi connectivity index (χ1) is 19.6. The van der Waals surface area contributed by atoms with Crippen LogP contribution in [0.25, 0.3) is 0 Å². The van der Waals surface area contributed by atoms with Crippen LogP contribution in [-0.4, -0.2) is 48.6 Å². The van der Waals surface area contributed by atoms with E-state index in [1.807, 2.05) is 54.6 Å². The standard InChI is InChI=1S/C33H33F2N3O2/c34-28-14-10-26(11-15-28)30(27-12-16-29(35)17-13-27)9-5-19-37-20-22-38(23-21-37)32-31(8-4-18-36-32)33(39)40-24-25-6-2-1-3-7-25/h1-4,6-8,10-18,30H,5,9,19-24H2. The van der Waals surface area contributed by atoms with Gasteiger partial charge in [0, 0.05) is 38.3 Å². The quantitative estimate of drug-likeness (QED) is 0.216. The Labute approximate surface area is 234 Å². The van der Waals surface area contributed by atoms with Gasteiger partial charge >= 0.3 is 5.97 Å². The summed E-state index contributed by atoms with van der Waals surface area (Å²) in [7, 11) is 0. The summed E-state index contributed by atoms with van der Waals surface area (Å²) in [6, 6.07) is 26.4. The largest absolute Gasteiger partial charge is 0.457 e. The van der Waals surface area contributed by atoms with Crippen molar-refractivity contribution < 1.29 is 18.3 Å².